The summed E-state index contributed by atoms with van der Waals surface area (Å²) in [5.41, 5.74) is 0.829. The highest BCUT2D eigenvalue weighted by molar-refractivity contribution is 7.92. The Kier molecular flexibility index (Phi) is 6.22. The van der Waals surface area contributed by atoms with Crippen molar-refractivity contribution < 1.29 is 18.3 Å². The molecule has 0 unspecified atom stereocenters. The highest BCUT2D eigenvalue weighted by atomic mass is 32.2. The Morgan fingerprint density at radius 1 is 1.36 bits per heavy atom. The van der Waals surface area contributed by atoms with Crippen molar-refractivity contribution >= 4 is 27.4 Å². The van der Waals surface area contributed by atoms with Crippen molar-refractivity contribution in [2.45, 2.75) is 27.2 Å². The molecule has 0 saturated heterocycles. The second-order valence-corrected chi connectivity index (χ2v) is 7.47. The lowest BCUT2D eigenvalue weighted by Gasteiger charge is -2.29. The van der Waals surface area contributed by atoms with E-state index in [-0.39, 0.29) is 5.56 Å². The number of hydrogen-bond acceptors (Lipinski definition) is 4. The maximum atomic E-state index is 11.6. The first-order valence-corrected chi connectivity index (χ1v) is 9.13. The molecule has 0 fully saturated rings. The fraction of sp³-hybridized carbons (Fsp3) is 0.533. The van der Waals surface area contributed by atoms with Gasteiger partial charge in [0, 0.05) is 13.1 Å². The summed E-state index contributed by atoms with van der Waals surface area (Å²) < 4.78 is 25.5. The smallest absolute Gasteiger partial charge is 0.337 e. The molecule has 0 saturated carbocycles. The molecule has 22 heavy (non-hydrogen) atoms. The molecule has 0 aromatic heterocycles. The van der Waals surface area contributed by atoms with E-state index >= 15 is 0 Å². The largest absolute Gasteiger partial charge is 0.478 e. The third-order valence-electron chi connectivity index (χ3n) is 2.96. The van der Waals surface area contributed by atoms with E-state index in [4.69, 9.17) is 0 Å². The van der Waals surface area contributed by atoms with Crippen LogP contribution in [0.4, 0.5) is 11.4 Å². The van der Waals surface area contributed by atoms with E-state index in [9.17, 15) is 18.3 Å². The van der Waals surface area contributed by atoms with Gasteiger partial charge in [-0.05, 0) is 24.5 Å². The van der Waals surface area contributed by atoms with Gasteiger partial charge in [0.15, 0.2) is 0 Å². The maximum absolute atomic E-state index is 11.6. The molecule has 7 heteroatoms. The Labute approximate surface area is 132 Å². The molecule has 6 nitrogen and oxygen atoms in total. The van der Waals surface area contributed by atoms with Gasteiger partial charge < -0.3 is 10.0 Å². The molecule has 1 aromatic carbocycles. The fourth-order valence-corrected chi connectivity index (χ4v) is 2.91. The van der Waals surface area contributed by atoms with Gasteiger partial charge in [0.05, 0.1) is 23.2 Å². The number of hydrogen-bond donors (Lipinski definition) is 2. The van der Waals surface area contributed by atoms with Crippen molar-refractivity contribution in [1.29, 1.82) is 0 Å². The lowest BCUT2D eigenvalue weighted by atomic mass is 10.1. The average Bonchev–Trinajstić information content (AvgIpc) is 2.35. The van der Waals surface area contributed by atoms with Crippen LogP contribution >= 0.6 is 0 Å². The van der Waals surface area contributed by atoms with Crippen LogP contribution in [0.5, 0.6) is 0 Å². The van der Waals surface area contributed by atoms with Gasteiger partial charge in [-0.1, -0.05) is 26.8 Å². The van der Waals surface area contributed by atoms with Crippen LogP contribution < -0.4 is 9.62 Å². The Bertz CT molecular complexity index is 626. The van der Waals surface area contributed by atoms with Gasteiger partial charge in [-0.2, -0.15) is 0 Å². The molecule has 0 aliphatic carbocycles. The maximum Gasteiger partial charge on any atom is 0.337 e. The third-order valence-corrected chi connectivity index (χ3v) is 3.55. The molecular formula is C15H24N2O4S. The van der Waals surface area contributed by atoms with Crippen molar-refractivity contribution in [3.8, 4) is 0 Å². The average molecular weight is 328 g/mol. The number of carbonyl (C=O) groups is 1. The van der Waals surface area contributed by atoms with Gasteiger partial charge in [0.2, 0.25) is 10.0 Å². The molecule has 0 bridgehead atoms. The zero-order valence-corrected chi connectivity index (χ0v) is 14.3. The number of rotatable bonds is 8. The van der Waals surface area contributed by atoms with Crippen LogP contribution in [-0.4, -0.2) is 38.8 Å². The van der Waals surface area contributed by atoms with E-state index < -0.39 is 16.0 Å². The number of benzene rings is 1. The van der Waals surface area contributed by atoms with Crippen LogP contribution in [0.15, 0.2) is 18.2 Å². The minimum absolute atomic E-state index is 0.0998. The molecule has 1 aromatic rings. The summed E-state index contributed by atoms with van der Waals surface area (Å²) in [5, 5.41) is 9.44. The van der Waals surface area contributed by atoms with E-state index in [1.165, 1.54) is 6.07 Å². The van der Waals surface area contributed by atoms with Crippen LogP contribution in [0.2, 0.25) is 0 Å². The monoisotopic (exact) mass is 328 g/mol. The quantitative estimate of drug-likeness (QED) is 0.766. The predicted octanol–water partition coefficient (Wildman–Crippen LogP) is 2.63. The number of nitrogens with one attached hydrogen (secondary N) is 1. The predicted molar refractivity (Wildman–Crippen MR) is 89.2 cm³/mol. The number of aromatic carboxylic acids is 1. The molecule has 0 radical (unpaired) electrons. The summed E-state index contributed by atoms with van der Waals surface area (Å²) in [6.07, 6.45) is 1.88. The van der Waals surface area contributed by atoms with Crippen molar-refractivity contribution in [3.05, 3.63) is 23.8 Å². The molecule has 124 valence electrons. The van der Waals surface area contributed by atoms with Crippen LogP contribution in [0.25, 0.3) is 0 Å². The Morgan fingerprint density at radius 3 is 2.45 bits per heavy atom. The van der Waals surface area contributed by atoms with Crippen molar-refractivity contribution in [2.75, 3.05) is 29.0 Å². The second-order valence-electron chi connectivity index (χ2n) is 5.72. The summed E-state index contributed by atoms with van der Waals surface area (Å²) in [6.45, 7) is 7.38. The van der Waals surface area contributed by atoms with E-state index in [2.05, 4.69) is 4.72 Å². The zero-order chi connectivity index (χ0) is 16.9. The normalized spacial score (nSPS) is 11.5. The number of anilines is 2. The summed E-state index contributed by atoms with van der Waals surface area (Å²) in [6, 6.07) is 4.62. The molecule has 0 amide bonds. The highest BCUT2D eigenvalue weighted by Crippen LogP contribution is 2.32. The molecule has 0 aliphatic heterocycles. The number of carboxylic acid groups (broad SMARTS) is 1. The lowest BCUT2D eigenvalue weighted by Crippen LogP contribution is -2.31. The van der Waals surface area contributed by atoms with Crippen molar-refractivity contribution in [3.63, 3.8) is 0 Å². The minimum atomic E-state index is -3.49. The summed E-state index contributed by atoms with van der Waals surface area (Å²) in [4.78, 5) is 13.5. The van der Waals surface area contributed by atoms with Crippen LogP contribution in [-0.2, 0) is 10.0 Å². The van der Waals surface area contributed by atoms with Crippen LogP contribution in [0, 0.1) is 5.92 Å². The highest BCUT2D eigenvalue weighted by Gasteiger charge is 2.21. The Hall–Kier alpha value is -1.76. The van der Waals surface area contributed by atoms with E-state index in [0.717, 1.165) is 12.7 Å². The summed E-state index contributed by atoms with van der Waals surface area (Å²) >= 11 is 0. The van der Waals surface area contributed by atoms with Gasteiger partial charge in [-0.3, -0.25) is 4.72 Å². The second kappa shape index (κ2) is 7.49. The van der Waals surface area contributed by atoms with E-state index in [0.29, 0.717) is 30.4 Å². The van der Waals surface area contributed by atoms with Crippen LogP contribution in [0.1, 0.15) is 37.6 Å². The van der Waals surface area contributed by atoms with Gasteiger partial charge >= 0.3 is 5.97 Å². The van der Waals surface area contributed by atoms with Crippen molar-refractivity contribution in [2.24, 2.45) is 5.92 Å². The van der Waals surface area contributed by atoms with E-state index in [1.54, 1.807) is 12.1 Å². The summed E-state index contributed by atoms with van der Waals surface area (Å²) in [7, 11) is -3.49. The number of nitrogens with zero attached hydrogens (tertiary/aromatic N) is 1. The first-order valence-electron chi connectivity index (χ1n) is 7.24. The molecular weight excluding hydrogens is 304 g/mol. The topological polar surface area (TPSA) is 86.7 Å². The number of carboxylic acids is 1. The van der Waals surface area contributed by atoms with Gasteiger partial charge in [0.1, 0.15) is 0 Å². The fourth-order valence-electron chi connectivity index (χ4n) is 2.34. The lowest BCUT2D eigenvalue weighted by molar-refractivity contribution is 0.0697. The first kappa shape index (κ1) is 18.3. The molecule has 1 rings (SSSR count). The molecule has 0 aliphatic rings. The van der Waals surface area contributed by atoms with Crippen LogP contribution in [0.3, 0.4) is 0 Å². The number of para-hydroxylation sites is 1. The minimum Gasteiger partial charge on any atom is -0.478 e. The molecule has 0 spiro atoms. The third kappa shape index (κ3) is 5.22. The SMILES string of the molecule is CCCN(CC(C)C)c1c(NS(C)(=O)=O)cccc1C(=O)O. The molecule has 2 N–H and O–H groups in total. The Morgan fingerprint density at radius 2 is 2.00 bits per heavy atom. The van der Waals surface area contributed by atoms with Gasteiger partial charge in [0.25, 0.3) is 0 Å². The first-order chi connectivity index (χ1) is 10.2. The van der Waals surface area contributed by atoms with Gasteiger partial charge in [-0.15, -0.1) is 0 Å². The Balaban J connectivity index is 3.45. The van der Waals surface area contributed by atoms with Crippen molar-refractivity contribution in [1.82, 2.24) is 0 Å². The zero-order valence-electron chi connectivity index (χ0n) is 13.5. The molecule has 0 atom stereocenters. The standard InChI is InChI=1S/C15H24N2O4S/c1-5-9-17(10-11(2)3)14-12(15(18)19)7-6-8-13(14)16-22(4,20)21/h6-8,11,16H,5,9-10H2,1-4H3,(H,18,19). The van der Waals surface area contributed by atoms with E-state index in [1.807, 2.05) is 25.7 Å². The van der Waals surface area contributed by atoms with Gasteiger partial charge in [-0.25, -0.2) is 13.2 Å². The molecule has 0 heterocycles. The summed E-state index contributed by atoms with van der Waals surface area (Å²) in [5.74, 6) is -0.753. The number of sulfonamides is 1.